The molecular weight excluding hydrogens is 426 g/mol. The molecule has 6 heteroatoms. The molecule has 0 unspecified atom stereocenters. The van der Waals surface area contributed by atoms with Gasteiger partial charge in [-0.25, -0.2) is 4.79 Å². The Morgan fingerprint density at radius 3 is 2.53 bits per heavy atom. The van der Waals surface area contributed by atoms with Gasteiger partial charge in [-0.1, -0.05) is 49.6 Å². The van der Waals surface area contributed by atoms with Gasteiger partial charge in [-0.2, -0.15) is 0 Å². The molecule has 0 saturated heterocycles. The van der Waals surface area contributed by atoms with Crippen molar-refractivity contribution >= 4 is 23.0 Å². The van der Waals surface area contributed by atoms with Gasteiger partial charge in [0.15, 0.2) is 10.8 Å². The van der Waals surface area contributed by atoms with Crippen molar-refractivity contribution in [2.45, 2.75) is 52.1 Å². The van der Waals surface area contributed by atoms with Crippen molar-refractivity contribution in [3.8, 4) is 22.8 Å². The molecule has 2 heterocycles. The van der Waals surface area contributed by atoms with E-state index in [1.807, 2.05) is 62.2 Å². The average molecular weight is 454 g/mol. The van der Waals surface area contributed by atoms with Gasteiger partial charge in [-0.3, -0.25) is 0 Å². The number of rotatable bonds is 6. The number of ether oxygens (including phenoxy) is 1. The lowest BCUT2D eigenvalue weighted by Crippen LogP contribution is -2.33. The summed E-state index contributed by atoms with van der Waals surface area (Å²) in [6, 6.07) is 13.3. The first kappa shape index (κ1) is 22.3. The van der Waals surface area contributed by atoms with E-state index < -0.39 is 11.2 Å². The lowest BCUT2D eigenvalue weighted by molar-refractivity contribution is 0.102. The highest BCUT2D eigenvalue weighted by molar-refractivity contribution is 6.33. The van der Waals surface area contributed by atoms with Crippen LogP contribution in [0.3, 0.4) is 0 Å². The molecule has 5 nitrogen and oxygen atoms in total. The first-order valence-electron chi connectivity index (χ1n) is 11.0. The van der Waals surface area contributed by atoms with Gasteiger partial charge in [0.25, 0.3) is 0 Å². The average Bonchev–Trinajstić information content (AvgIpc) is 2.74. The zero-order valence-corrected chi connectivity index (χ0v) is 19.6. The van der Waals surface area contributed by atoms with Gasteiger partial charge >= 0.3 is 5.63 Å². The van der Waals surface area contributed by atoms with Crippen molar-refractivity contribution in [1.82, 2.24) is 0 Å². The zero-order chi connectivity index (χ0) is 23.0. The first-order chi connectivity index (χ1) is 15.2. The van der Waals surface area contributed by atoms with Crippen LogP contribution in [0.15, 0.2) is 51.7 Å². The van der Waals surface area contributed by atoms with E-state index in [0.29, 0.717) is 28.3 Å². The minimum Gasteiger partial charge on any atom is -0.507 e. The number of unbranched alkanes of at least 4 members (excludes halogenated alkanes) is 2. The van der Waals surface area contributed by atoms with Crippen molar-refractivity contribution in [2.24, 2.45) is 0 Å². The van der Waals surface area contributed by atoms with Crippen molar-refractivity contribution in [3.05, 3.63) is 69.0 Å². The van der Waals surface area contributed by atoms with E-state index in [1.54, 1.807) is 6.07 Å². The monoisotopic (exact) mass is 453 g/mol. The van der Waals surface area contributed by atoms with E-state index in [-0.39, 0.29) is 10.8 Å². The molecule has 1 aliphatic heterocycles. The Labute approximate surface area is 193 Å². The van der Waals surface area contributed by atoms with Crippen molar-refractivity contribution in [2.75, 3.05) is 11.9 Å². The molecule has 4 rings (SSSR count). The second kappa shape index (κ2) is 8.55. The molecule has 0 fully saturated rings. The molecule has 1 aromatic heterocycles. The number of aryl methyl sites for hydroxylation is 1. The third-order valence-electron chi connectivity index (χ3n) is 5.93. The maximum atomic E-state index is 12.8. The maximum Gasteiger partial charge on any atom is 0.357 e. The number of hydrogen-bond acceptors (Lipinski definition) is 5. The largest absolute Gasteiger partial charge is 0.507 e. The molecule has 0 atom stereocenters. The van der Waals surface area contributed by atoms with Crippen LogP contribution in [0.5, 0.6) is 11.5 Å². The highest BCUT2D eigenvalue weighted by atomic mass is 35.5. The summed E-state index contributed by atoms with van der Waals surface area (Å²) in [6.45, 7) is 5.98. The van der Waals surface area contributed by atoms with Gasteiger partial charge in [0.05, 0.1) is 11.3 Å². The van der Waals surface area contributed by atoms with Crippen LogP contribution in [-0.2, 0) is 12.0 Å². The number of hydrogen-bond donors (Lipinski definition) is 1. The van der Waals surface area contributed by atoms with Crippen LogP contribution in [0, 0.1) is 0 Å². The van der Waals surface area contributed by atoms with Gasteiger partial charge in [-0.15, -0.1) is 0 Å². The van der Waals surface area contributed by atoms with E-state index in [2.05, 4.69) is 6.92 Å². The Hall–Kier alpha value is -2.92. The Kier molecular flexibility index (Phi) is 5.95. The summed E-state index contributed by atoms with van der Waals surface area (Å²) < 4.78 is 12.1. The van der Waals surface area contributed by atoms with Crippen LogP contribution >= 0.6 is 11.6 Å². The highest BCUT2D eigenvalue weighted by Gasteiger charge is 2.41. The van der Waals surface area contributed by atoms with E-state index in [0.717, 1.165) is 36.9 Å². The van der Waals surface area contributed by atoms with Gasteiger partial charge in [-0.05, 0) is 56.5 Å². The predicted molar refractivity (Wildman–Crippen MR) is 128 cm³/mol. The molecule has 0 amide bonds. The lowest BCUT2D eigenvalue weighted by atomic mass is 9.87. The fraction of sp³-hybridized carbons (Fsp3) is 0.346. The molecule has 1 aliphatic rings. The van der Waals surface area contributed by atoms with Crippen LogP contribution in [0.25, 0.3) is 11.3 Å². The molecule has 168 valence electrons. The summed E-state index contributed by atoms with van der Waals surface area (Å²) in [5, 5.41) is 10.9. The van der Waals surface area contributed by atoms with Gasteiger partial charge in [0.1, 0.15) is 22.7 Å². The normalized spacial score (nSPS) is 13.8. The lowest BCUT2D eigenvalue weighted by Gasteiger charge is -2.37. The van der Waals surface area contributed by atoms with E-state index in [9.17, 15) is 9.90 Å². The summed E-state index contributed by atoms with van der Waals surface area (Å²) in [6.07, 6.45) is 4.12. The van der Waals surface area contributed by atoms with E-state index >= 15 is 0 Å². The quantitative estimate of drug-likeness (QED) is 0.416. The molecule has 0 radical (unpaired) electrons. The summed E-state index contributed by atoms with van der Waals surface area (Å²) in [5.41, 5.74) is 1.86. The Morgan fingerprint density at radius 1 is 1.12 bits per heavy atom. The number of anilines is 2. The van der Waals surface area contributed by atoms with E-state index in [4.69, 9.17) is 20.8 Å². The fourth-order valence-corrected chi connectivity index (χ4v) is 4.61. The number of phenols is 1. The molecule has 2 aromatic carbocycles. The molecule has 0 bridgehead atoms. The van der Waals surface area contributed by atoms with Gasteiger partial charge in [0.2, 0.25) is 0 Å². The SMILES string of the molecule is CCCCCc1cc(O)c2c(c1)OC(C)(C)c1c-2oc(=O)c(Cl)c1N(C)c1ccccc1. The number of benzene rings is 2. The zero-order valence-electron chi connectivity index (χ0n) is 18.9. The van der Waals surface area contributed by atoms with Crippen LogP contribution in [0.4, 0.5) is 11.4 Å². The van der Waals surface area contributed by atoms with Gasteiger partial charge in [0, 0.05) is 12.7 Å². The molecule has 3 aromatic rings. The highest BCUT2D eigenvalue weighted by Crippen LogP contribution is 2.53. The second-order valence-electron chi connectivity index (χ2n) is 8.71. The standard InChI is InChI=1S/C26H28ClNO4/c1-5-6-8-11-16-14-18(29)20-19(15-16)32-26(2,3)21-23(22(27)25(30)31-24(20)21)28(4)17-12-9-7-10-13-17/h7,9-10,12-15,29H,5-6,8,11H2,1-4H3. The summed E-state index contributed by atoms with van der Waals surface area (Å²) in [7, 11) is 1.85. The fourth-order valence-electron chi connectivity index (χ4n) is 4.35. The van der Waals surface area contributed by atoms with Gasteiger partial charge < -0.3 is 19.2 Å². The van der Waals surface area contributed by atoms with Crippen LogP contribution < -0.4 is 15.3 Å². The Morgan fingerprint density at radius 2 is 1.84 bits per heavy atom. The van der Waals surface area contributed by atoms with Crippen LogP contribution in [0.1, 0.15) is 51.2 Å². The maximum absolute atomic E-state index is 12.8. The number of halogens is 1. The summed E-state index contributed by atoms with van der Waals surface area (Å²) >= 11 is 6.50. The number of para-hydroxylation sites is 1. The van der Waals surface area contributed by atoms with E-state index in [1.165, 1.54) is 0 Å². The summed E-state index contributed by atoms with van der Waals surface area (Å²) in [5.74, 6) is 0.832. The minimum absolute atomic E-state index is 0.0223. The van der Waals surface area contributed by atoms with Crippen molar-refractivity contribution < 1.29 is 14.3 Å². The number of aromatic hydroxyl groups is 1. The number of phenolic OH excluding ortho intramolecular Hbond substituents is 1. The third kappa shape index (κ3) is 3.86. The predicted octanol–water partition coefficient (Wildman–Crippen LogP) is 6.79. The number of nitrogens with zero attached hydrogens (tertiary/aromatic N) is 1. The third-order valence-corrected chi connectivity index (χ3v) is 6.26. The minimum atomic E-state index is -0.851. The Bertz CT molecular complexity index is 1200. The molecule has 0 spiro atoms. The number of fused-ring (bicyclic) bond motifs is 3. The van der Waals surface area contributed by atoms with Crippen molar-refractivity contribution in [3.63, 3.8) is 0 Å². The van der Waals surface area contributed by atoms with Crippen molar-refractivity contribution in [1.29, 1.82) is 0 Å². The Balaban J connectivity index is 1.93. The molecular formula is C26H28ClNO4. The summed E-state index contributed by atoms with van der Waals surface area (Å²) in [4.78, 5) is 14.6. The topological polar surface area (TPSA) is 62.9 Å². The molecule has 1 N–H and O–H groups in total. The molecule has 32 heavy (non-hydrogen) atoms. The molecule has 0 aliphatic carbocycles. The first-order valence-corrected chi connectivity index (χ1v) is 11.3. The second-order valence-corrected chi connectivity index (χ2v) is 9.09. The van der Waals surface area contributed by atoms with Crippen LogP contribution in [-0.4, -0.2) is 12.2 Å². The smallest absolute Gasteiger partial charge is 0.357 e. The van der Waals surface area contributed by atoms with Crippen LogP contribution in [0.2, 0.25) is 5.02 Å². The molecule has 0 saturated carbocycles.